The van der Waals surface area contributed by atoms with Crippen LogP contribution in [0.1, 0.15) is 24.1 Å². The van der Waals surface area contributed by atoms with Gasteiger partial charge in [-0.05, 0) is 36.3 Å². The van der Waals surface area contributed by atoms with Gasteiger partial charge in [0.25, 0.3) is 5.91 Å². The number of amides is 1. The minimum Gasteiger partial charge on any atom is -0.493 e. The summed E-state index contributed by atoms with van der Waals surface area (Å²) in [5.41, 5.74) is 1.80. The molecule has 146 valence electrons. The number of thioether (sulfide) groups is 1. The molecule has 0 saturated carbocycles. The molecule has 1 amide bonds. The fourth-order valence-electron chi connectivity index (χ4n) is 3.03. The van der Waals surface area contributed by atoms with Gasteiger partial charge in [0, 0.05) is 0 Å². The highest BCUT2D eigenvalue weighted by Crippen LogP contribution is 2.41. The molecule has 1 saturated heterocycles. The molecule has 1 aliphatic rings. The van der Waals surface area contributed by atoms with Crippen molar-refractivity contribution in [3.05, 3.63) is 58.5 Å². The van der Waals surface area contributed by atoms with Crippen LogP contribution < -0.4 is 14.2 Å². The summed E-state index contributed by atoms with van der Waals surface area (Å²) in [4.78, 5) is 15.2. The average molecular weight is 416 g/mol. The Morgan fingerprint density at radius 2 is 1.64 bits per heavy atom. The van der Waals surface area contributed by atoms with Crippen LogP contribution in [0.3, 0.4) is 0 Å². The highest BCUT2D eigenvalue weighted by atomic mass is 32.2. The van der Waals surface area contributed by atoms with E-state index in [2.05, 4.69) is 0 Å². The van der Waals surface area contributed by atoms with Gasteiger partial charge in [0.15, 0.2) is 11.5 Å². The molecule has 1 heterocycles. The number of hydrogen-bond acceptors (Lipinski definition) is 6. The maximum atomic E-state index is 13.0. The Balaban J connectivity index is 1.94. The molecule has 1 unspecified atom stereocenters. The number of ether oxygens (including phenoxy) is 3. The lowest BCUT2D eigenvalue weighted by molar-refractivity contribution is -0.123. The summed E-state index contributed by atoms with van der Waals surface area (Å²) in [6, 6.07) is 13.3. The van der Waals surface area contributed by atoms with Crippen molar-refractivity contribution in [1.82, 2.24) is 4.90 Å². The number of methoxy groups -OCH3 is 3. The monoisotopic (exact) mass is 415 g/mol. The SMILES string of the molecule is COc1cc(/C=C2\SC(=S)N(C(C)c3ccccc3)C2=O)cc(OC)c1OC. The minimum absolute atomic E-state index is 0.111. The first-order valence-corrected chi connectivity index (χ1v) is 9.84. The van der Waals surface area contributed by atoms with Gasteiger partial charge < -0.3 is 14.2 Å². The average Bonchev–Trinajstić information content (AvgIpc) is 3.00. The van der Waals surface area contributed by atoms with Crippen molar-refractivity contribution in [2.45, 2.75) is 13.0 Å². The Morgan fingerprint density at radius 1 is 1.04 bits per heavy atom. The second-order valence-corrected chi connectivity index (χ2v) is 7.77. The van der Waals surface area contributed by atoms with Gasteiger partial charge in [0.2, 0.25) is 5.75 Å². The topological polar surface area (TPSA) is 48.0 Å². The van der Waals surface area contributed by atoms with Crippen molar-refractivity contribution in [2.24, 2.45) is 0 Å². The summed E-state index contributed by atoms with van der Waals surface area (Å²) in [6.45, 7) is 1.97. The van der Waals surface area contributed by atoms with Gasteiger partial charge in [-0.2, -0.15) is 0 Å². The number of nitrogens with zero attached hydrogens (tertiary/aromatic N) is 1. The summed E-state index contributed by atoms with van der Waals surface area (Å²) in [7, 11) is 4.67. The molecule has 28 heavy (non-hydrogen) atoms. The molecule has 0 radical (unpaired) electrons. The summed E-state index contributed by atoms with van der Waals surface area (Å²) in [6.07, 6.45) is 1.79. The van der Waals surface area contributed by atoms with Crippen molar-refractivity contribution in [3.8, 4) is 17.2 Å². The van der Waals surface area contributed by atoms with Crippen LogP contribution in [0.15, 0.2) is 47.4 Å². The van der Waals surface area contributed by atoms with Crippen LogP contribution in [0, 0.1) is 0 Å². The molecule has 0 N–H and O–H groups in total. The molecule has 1 aliphatic heterocycles. The second kappa shape index (κ2) is 8.67. The molecule has 3 rings (SSSR count). The van der Waals surface area contributed by atoms with E-state index in [1.807, 2.05) is 37.3 Å². The van der Waals surface area contributed by atoms with Gasteiger partial charge in [0.05, 0.1) is 32.3 Å². The fraction of sp³-hybridized carbons (Fsp3) is 0.238. The number of rotatable bonds is 6. The minimum atomic E-state index is -0.139. The zero-order chi connectivity index (χ0) is 20.3. The van der Waals surface area contributed by atoms with Gasteiger partial charge in [-0.15, -0.1) is 0 Å². The molecule has 0 aromatic heterocycles. The molecule has 2 aromatic rings. The van der Waals surface area contributed by atoms with Gasteiger partial charge in [-0.25, -0.2) is 0 Å². The van der Waals surface area contributed by atoms with Crippen molar-refractivity contribution in [1.29, 1.82) is 0 Å². The van der Waals surface area contributed by atoms with Crippen molar-refractivity contribution >= 4 is 40.3 Å². The van der Waals surface area contributed by atoms with Crippen LogP contribution >= 0.6 is 24.0 Å². The van der Waals surface area contributed by atoms with E-state index in [4.69, 9.17) is 26.4 Å². The number of hydrogen-bond donors (Lipinski definition) is 0. The third-order valence-corrected chi connectivity index (χ3v) is 5.81. The first kappa shape index (κ1) is 20.2. The number of thiocarbonyl (C=S) groups is 1. The summed E-state index contributed by atoms with van der Waals surface area (Å²) < 4.78 is 16.7. The number of benzene rings is 2. The van der Waals surface area contributed by atoms with E-state index in [-0.39, 0.29) is 11.9 Å². The fourth-order valence-corrected chi connectivity index (χ4v) is 4.45. The number of carbonyl (C=O) groups excluding carboxylic acids is 1. The smallest absolute Gasteiger partial charge is 0.266 e. The molecule has 0 aliphatic carbocycles. The third kappa shape index (κ3) is 3.86. The first-order valence-electron chi connectivity index (χ1n) is 8.62. The Bertz CT molecular complexity index is 902. The highest BCUT2D eigenvalue weighted by Gasteiger charge is 2.36. The molecular weight excluding hydrogens is 394 g/mol. The van der Waals surface area contributed by atoms with Crippen LogP contribution in [-0.4, -0.2) is 36.5 Å². The molecule has 0 bridgehead atoms. The molecule has 0 spiro atoms. The van der Waals surface area contributed by atoms with Gasteiger partial charge >= 0.3 is 0 Å². The van der Waals surface area contributed by atoms with Crippen molar-refractivity contribution in [2.75, 3.05) is 21.3 Å². The Hall–Kier alpha value is -2.51. The van der Waals surface area contributed by atoms with E-state index >= 15 is 0 Å². The Kier molecular flexibility index (Phi) is 6.26. The lowest BCUT2D eigenvalue weighted by atomic mass is 10.1. The van der Waals surface area contributed by atoms with E-state index in [1.54, 1.807) is 44.4 Å². The van der Waals surface area contributed by atoms with Crippen molar-refractivity contribution < 1.29 is 19.0 Å². The zero-order valence-corrected chi connectivity index (χ0v) is 17.7. The zero-order valence-electron chi connectivity index (χ0n) is 16.1. The Morgan fingerprint density at radius 3 is 2.18 bits per heavy atom. The van der Waals surface area contributed by atoms with E-state index in [0.29, 0.717) is 26.5 Å². The first-order chi connectivity index (χ1) is 13.5. The molecule has 1 atom stereocenters. The predicted molar refractivity (Wildman–Crippen MR) is 116 cm³/mol. The van der Waals surface area contributed by atoms with E-state index in [1.165, 1.54) is 11.8 Å². The van der Waals surface area contributed by atoms with Gasteiger partial charge in [-0.3, -0.25) is 9.69 Å². The van der Waals surface area contributed by atoms with Gasteiger partial charge in [0.1, 0.15) is 4.32 Å². The van der Waals surface area contributed by atoms with Crippen LogP contribution in [0.4, 0.5) is 0 Å². The quantitative estimate of drug-likeness (QED) is 0.505. The van der Waals surface area contributed by atoms with Gasteiger partial charge in [-0.1, -0.05) is 54.3 Å². The van der Waals surface area contributed by atoms with E-state index < -0.39 is 0 Å². The molecule has 2 aromatic carbocycles. The van der Waals surface area contributed by atoms with Crippen LogP contribution in [0.2, 0.25) is 0 Å². The van der Waals surface area contributed by atoms with Crippen LogP contribution in [0.25, 0.3) is 6.08 Å². The normalized spacial score (nSPS) is 16.4. The largest absolute Gasteiger partial charge is 0.493 e. The maximum absolute atomic E-state index is 13.0. The van der Waals surface area contributed by atoms with Crippen LogP contribution in [0.5, 0.6) is 17.2 Å². The lowest BCUT2D eigenvalue weighted by Gasteiger charge is -2.23. The molecule has 5 nitrogen and oxygen atoms in total. The van der Waals surface area contributed by atoms with Crippen LogP contribution in [-0.2, 0) is 4.79 Å². The predicted octanol–water partition coefficient (Wildman–Crippen LogP) is 4.67. The molecule has 1 fully saturated rings. The second-order valence-electron chi connectivity index (χ2n) is 6.10. The van der Waals surface area contributed by atoms with E-state index in [0.717, 1.165) is 11.1 Å². The summed E-state index contributed by atoms with van der Waals surface area (Å²) >= 11 is 6.77. The summed E-state index contributed by atoms with van der Waals surface area (Å²) in [5, 5.41) is 0. The van der Waals surface area contributed by atoms with E-state index in [9.17, 15) is 4.79 Å². The summed E-state index contributed by atoms with van der Waals surface area (Å²) in [5.74, 6) is 1.45. The maximum Gasteiger partial charge on any atom is 0.266 e. The van der Waals surface area contributed by atoms with Crippen molar-refractivity contribution in [3.63, 3.8) is 0 Å². The molecule has 7 heteroatoms. The highest BCUT2D eigenvalue weighted by molar-refractivity contribution is 8.26. The standard InChI is InChI=1S/C21H21NO4S2/c1-13(15-8-6-5-7-9-15)22-20(23)18(28-21(22)27)12-14-10-16(24-2)19(26-4)17(11-14)25-3/h5-13H,1-4H3/b18-12-. The third-order valence-electron chi connectivity index (χ3n) is 4.48. The molecular formula is C21H21NO4S2. The number of carbonyl (C=O) groups is 1. The lowest BCUT2D eigenvalue weighted by Crippen LogP contribution is -2.30. The Labute approximate surface area is 174 Å².